The summed E-state index contributed by atoms with van der Waals surface area (Å²) in [5.74, 6) is 1.41. The Morgan fingerprint density at radius 2 is 1.96 bits per heavy atom. The predicted molar refractivity (Wildman–Crippen MR) is 106 cm³/mol. The second-order valence-electron chi connectivity index (χ2n) is 7.94. The Morgan fingerprint density at radius 3 is 2.65 bits per heavy atom. The number of nitrogens with two attached hydrogens (primary N) is 1. The third-order valence-corrected chi connectivity index (χ3v) is 5.36. The summed E-state index contributed by atoms with van der Waals surface area (Å²) in [7, 11) is 0. The van der Waals surface area contributed by atoms with Gasteiger partial charge in [0, 0.05) is 18.5 Å². The Hall–Kier alpha value is -1.88. The molecule has 0 unspecified atom stereocenters. The van der Waals surface area contributed by atoms with Crippen LogP contribution in [0.2, 0.25) is 0 Å². The van der Waals surface area contributed by atoms with Gasteiger partial charge in [-0.2, -0.15) is 0 Å². The lowest BCUT2D eigenvalue weighted by Gasteiger charge is -2.26. The van der Waals surface area contributed by atoms with E-state index in [-0.39, 0.29) is 5.91 Å². The van der Waals surface area contributed by atoms with Gasteiger partial charge in [-0.3, -0.25) is 4.79 Å². The Bertz CT molecular complexity index is 744. The van der Waals surface area contributed by atoms with Crippen LogP contribution in [0.5, 0.6) is 0 Å². The van der Waals surface area contributed by atoms with Gasteiger partial charge in [0.1, 0.15) is 5.82 Å². The van der Waals surface area contributed by atoms with E-state index in [1.807, 2.05) is 12.1 Å². The monoisotopic (exact) mass is 356 g/mol. The van der Waals surface area contributed by atoms with Gasteiger partial charge >= 0.3 is 0 Å². The lowest BCUT2D eigenvalue weighted by Crippen LogP contribution is -2.31. The van der Waals surface area contributed by atoms with E-state index in [0.717, 1.165) is 49.2 Å². The zero-order valence-corrected chi connectivity index (χ0v) is 16.2. The van der Waals surface area contributed by atoms with Crippen molar-refractivity contribution in [2.45, 2.75) is 58.9 Å². The molecule has 1 aromatic heterocycles. The van der Waals surface area contributed by atoms with Crippen molar-refractivity contribution < 1.29 is 4.79 Å². The molecule has 0 radical (unpaired) electrons. The molecule has 142 valence electrons. The quantitative estimate of drug-likeness (QED) is 0.786. The molecular formula is C21H32N4O. The number of amides is 1. The summed E-state index contributed by atoms with van der Waals surface area (Å²) in [6.45, 7) is 9.04. The molecule has 0 aliphatic carbocycles. The number of primary amides is 1. The van der Waals surface area contributed by atoms with Crippen molar-refractivity contribution in [2.24, 2.45) is 11.7 Å². The number of nitrogens with zero attached hydrogens (tertiary/aromatic N) is 3. The number of aryl methyl sites for hydroxylation is 2. The third-order valence-electron chi connectivity index (χ3n) is 5.36. The van der Waals surface area contributed by atoms with Crippen LogP contribution in [0.25, 0.3) is 11.0 Å². The van der Waals surface area contributed by atoms with Gasteiger partial charge in [-0.1, -0.05) is 20.3 Å². The fourth-order valence-electron chi connectivity index (χ4n) is 3.82. The minimum atomic E-state index is -0.378. The molecule has 3 rings (SSSR count). The number of benzene rings is 1. The van der Waals surface area contributed by atoms with E-state index in [4.69, 9.17) is 10.7 Å². The van der Waals surface area contributed by atoms with E-state index in [2.05, 4.69) is 23.3 Å². The molecule has 0 saturated carbocycles. The molecule has 0 bridgehead atoms. The van der Waals surface area contributed by atoms with Gasteiger partial charge in [0.2, 0.25) is 5.91 Å². The van der Waals surface area contributed by atoms with Crippen molar-refractivity contribution in [3.63, 3.8) is 0 Å². The van der Waals surface area contributed by atoms with Gasteiger partial charge in [0.15, 0.2) is 0 Å². The molecule has 5 nitrogen and oxygen atoms in total. The summed E-state index contributed by atoms with van der Waals surface area (Å²) in [6.07, 6.45) is 7.24. The molecular weight excluding hydrogens is 324 g/mol. The molecule has 26 heavy (non-hydrogen) atoms. The highest BCUT2D eigenvalue weighted by Crippen LogP contribution is 2.21. The molecule has 1 aromatic carbocycles. The summed E-state index contributed by atoms with van der Waals surface area (Å²) < 4.78 is 2.31. The molecule has 0 atom stereocenters. The lowest BCUT2D eigenvalue weighted by molar-refractivity contribution is 0.100. The van der Waals surface area contributed by atoms with E-state index in [9.17, 15) is 4.79 Å². The highest BCUT2D eigenvalue weighted by atomic mass is 16.1. The largest absolute Gasteiger partial charge is 0.366 e. The van der Waals surface area contributed by atoms with Gasteiger partial charge < -0.3 is 15.2 Å². The van der Waals surface area contributed by atoms with Gasteiger partial charge in [-0.15, -0.1) is 0 Å². The highest BCUT2D eigenvalue weighted by Gasteiger charge is 2.14. The Labute approximate surface area is 156 Å². The summed E-state index contributed by atoms with van der Waals surface area (Å²) in [4.78, 5) is 19.0. The second kappa shape index (κ2) is 8.67. The first-order valence-electron chi connectivity index (χ1n) is 10.1. The van der Waals surface area contributed by atoms with Crippen molar-refractivity contribution in [1.82, 2.24) is 14.5 Å². The first-order chi connectivity index (χ1) is 12.5. The van der Waals surface area contributed by atoms with Crippen LogP contribution in [-0.2, 0) is 13.0 Å². The smallest absolute Gasteiger partial charge is 0.248 e. The molecule has 1 amide bonds. The fourth-order valence-corrected chi connectivity index (χ4v) is 3.82. The van der Waals surface area contributed by atoms with Gasteiger partial charge in [-0.25, -0.2) is 4.98 Å². The summed E-state index contributed by atoms with van der Waals surface area (Å²) in [5, 5.41) is 0. The van der Waals surface area contributed by atoms with Crippen LogP contribution in [0.4, 0.5) is 0 Å². The molecule has 2 aromatic rings. The molecule has 1 fully saturated rings. The fraction of sp³-hybridized carbons (Fsp3) is 0.619. The number of fused-ring (bicyclic) bond motifs is 1. The van der Waals surface area contributed by atoms with E-state index in [1.165, 1.54) is 32.4 Å². The third kappa shape index (κ3) is 4.64. The number of rotatable bonds is 8. The van der Waals surface area contributed by atoms with E-state index >= 15 is 0 Å². The molecule has 2 N–H and O–H groups in total. The maximum absolute atomic E-state index is 11.6. The Kier molecular flexibility index (Phi) is 6.30. The lowest BCUT2D eigenvalue weighted by atomic mass is 10.1. The standard InChI is InChI=1S/C21H32N4O/c1-16(2)7-10-20-23-18-9-8-17(21(22)26)15-19(18)25(20)14-6-13-24-11-4-3-5-12-24/h8-9,15-16H,3-7,10-14H2,1-2H3,(H2,22,26). The first kappa shape index (κ1) is 18.9. The van der Waals surface area contributed by atoms with E-state index in [1.54, 1.807) is 6.07 Å². The summed E-state index contributed by atoms with van der Waals surface area (Å²) >= 11 is 0. The first-order valence-corrected chi connectivity index (χ1v) is 10.1. The molecule has 1 aliphatic rings. The number of likely N-dealkylation sites (tertiary alicyclic amines) is 1. The van der Waals surface area contributed by atoms with Crippen LogP contribution in [0.1, 0.15) is 62.1 Å². The van der Waals surface area contributed by atoms with E-state index in [0.29, 0.717) is 11.5 Å². The van der Waals surface area contributed by atoms with Crippen LogP contribution in [0.15, 0.2) is 18.2 Å². The topological polar surface area (TPSA) is 64.1 Å². The number of hydrogen-bond donors (Lipinski definition) is 1. The van der Waals surface area contributed by atoms with E-state index < -0.39 is 0 Å². The minimum Gasteiger partial charge on any atom is -0.366 e. The number of piperidine rings is 1. The second-order valence-corrected chi connectivity index (χ2v) is 7.94. The number of carbonyl (C=O) groups excluding carboxylic acids is 1. The normalized spacial score (nSPS) is 15.8. The van der Waals surface area contributed by atoms with Crippen molar-refractivity contribution >= 4 is 16.9 Å². The molecule has 1 saturated heterocycles. The zero-order valence-electron chi connectivity index (χ0n) is 16.2. The average molecular weight is 357 g/mol. The molecule has 2 heterocycles. The van der Waals surface area contributed by atoms with Crippen molar-refractivity contribution in [2.75, 3.05) is 19.6 Å². The predicted octanol–water partition coefficient (Wildman–Crippen LogP) is 3.60. The summed E-state index contributed by atoms with van der Waals surface area (Å²) in [6, 6.07) is 5.61. The van der Waals surface area contributed by atoms with Crippen molar-refractivity contribution in [1.29, 1.82) is 0 Å². The average Bonchev–Trinajstić information content (AvgIpc) is 2.98. The number of aromatic nitrogens is 2. The van der Waals surface area contributed by atoms with Gasteiger partial charge in [-0.05, 0) is 69.4 Å². The Morgan fingerprint density at radius 1 is 1.19 bits per heavy atom. The van der Waals surface area contributed by atoms with Crippen molar-refractivity contribution in [3.05, 3.63) is 29.6 Å². The zero-order chi connectivity index (χ0) is 18.5. The molecule has 1 aliphatic heterocycles. The molecule has 5 heteroatoms. The van der Waals surface area contributed by atoms with Crippen LogP contribution >= 0.6 is 0 Å². The minimum absolute atomic E-state index is 0.378. The van der Waals surface area contributed by atoms with Crippen LogP contribution in [-0.4, -0.2) is 40.0 Å². The number of imidazole rings is 1. The summed E-state index contributed by atoms with van der Waals surface area (Å²) in [5.41, 5.74) is 8.05. The van der Waals surface area contributed by atoms with Crippen LogP contribution in [0, 0.1) is 5.92 Å². The van der Waals surface area contributed by atoms with Gasteiger partial charge in [0.25, 0.3) is 0 Å². The number of hydrogen-bond acceptors (Lipinski definition) is 3. The molecule has 0 spiro atoms. The van der Waals surface area contributed by atoms with Crippen molar-refractivity contribution in [3.8, 4) is 0 Å². The maximum Gasteiger partial charge on any atom is 0.248 e. The number of carbonyl (C=O) groups is 1. The van der Waals surface area contributed by atoms with Crippen LogP contribution in [0.3, 0.4) is 0 Å². The highest BCUT2D eigenvalue weighted by molar-refractivity contribution is 5.96. The SMILES string of the molecule is CC(C)CCc1nc2ccc(C(N)=O)cc2n1CCCN1CCCCC1. The maximum atomic E-state index is 11.6. The Balaban J connectivity index is 1.79. The van der Waals surface area contributed by atoms with Gasteiger partial charge in [0.05, 0.1) is 11.0 Å². The van der Waals surface area contributed by atoms with Crippen LogP contribution < -0.4 is 5.73 Å².